The van der Waals surface area contributed by atoms with Gasteiger partial charge in [0.25, 0.3) is 0 Å². The Labute approximate surface area is 132 Å². The molecule has 2 N–H and O–H groups in total. The average Bonchev–Trinajstić information content (AvgIpc) is 3.23. The number of unbranched alkanes of at least 4 members (excludes halogenated alkanes) is 1. The molecule has 2 amide bonds. The van der Waals surface area contributed by atoms with Crippen LogP contribution in [0.15, 0.2) is 22.7 Å². The third-order valence-electron chi connectivity index (χ3n) is 3.40. The van der Waals surface area contributed by atoms with Gasteiger partial charge in [-0.1, -0.05) is 29.3 Å². The highest BCUT2D eigenvalue weighted by molar-refractivity contribution is 9.10. The number of benzene rings is 1. The molecule has 6 heteroatoms. The Morgan fingerprint density at radius 3 is 2.67 bits per heavy atom. The molecule has 0 bridgehead atoms. The van der Waals surface area contributed by atoms with Crippen molar-refractivity contribution in [1.82, 2.24) is 4.90 Å². The molecule has 0 aromatic heterocycles. The van der Waals surface area contributed by atoms with E-state index in [9.17, 15) is 9.59 Å². The number of hydrogen-bond donors (Lipinski definition) is 2. The van der Waals surface area contributed by atoms with E-state index in [0.29, 0.717) is 16.2 Å². The summed E-state index contributed by atoms with van der Waals surface area (Å²) in [6.45, 7) is 2.84. The van der Waals surface area contributed by atoms with E-state index in [0.717, 1.165) is 32.2 Å². The zero-order valence-corrected chi connectivity index (χ0v) is 13.5. The van der Waals surface area contributed by atoms with Crippen LogP contribution in [0.25, 0.3) is 0 Å². The molecular formula is C15H19BrN2O3. The third kappa shape index (κ3) is 4.46. The number of nitrogens with one attached hydrogen (secondary N) is 1. The summed E-state index contributed by atoms with van der Waals surface area (Å²) in [5, 5.41) is 11.8. The number of anilines is 1. The molecule has 5 nitrogen and oxygen atoms in total. The fraction of sp³-hybridized carbons (Fsp3) is 0.467. The number of hydrogen-bond acceptors (Lipinski definition) is 2. The van der Waals surface area contributed by atoms with Crippen LogP contribution < -0.4 is 5.32 Å². The first-order chi connectivity index (χ1) is 10.0. The lowest BCUT2D eigenvalue weighted by Gasteiger charge is -2.22. The first-order valence-corrected chi connectivity index (χ1v) is 7.92. The lowest BCUT2D eigenvalue weighted by atomic mass is 10.2. The van der Waals surface area contributed by atoms with Crippen molar-refractivity contribution in [3.05, 3.63) is 28.2 Å². The lowest BCUT2D eigenvalue weighted by Crippen LogP contribution is -2.37. The van der Waals surface area contributed by atoms with Crippen molar-refractivity contribution in [2.24, 2.45) is 0 Å². The summed E-state index contributed by atoms with van der Waals surface area (Å²) >= 11 is 3.26. The van der Waals surface area contributed by atoms with Gasteiger partial charge in [0.05, 0.1) is 5.56 Å². The monoisotopic (exact) mass is 354 g/mol. The molecule has 21 heavy (non-hydrogen) atoms. The molecule has 2 rings (SSSR count). The van der Waals surface area contributed by atoms with Crippen LogP contribution in [0.3, 0.4) is 0 Å². The maximum absolute atomic E-state index is 12.3. The van der Waals surface area contributed by atoms with E-state index in [1.807, 2.05) is 4.90 Å². The van der Waals surface area contributed by atoms with Gasteiger partial charge in [-0.2, -0.15) is 0 Å². The van der Waals surface area contributed by atoms with Gasteiger partial charge in [0.1, 0.15) is 0 Å². The summed E-state index contributed by atoms with van der Waals surface area (Å²) in [7, 11) is 0. The van der Waals surface area contributed by atoms with Crippen LogP contribution in [-0.2, 0) is 0 Å². The van der Waals surface area contributed by atoms with Gasteiger partial charge in [-0.05, 0) is 37.5 Å². The van der Waals surface area contributed by atoms with Crippen LogP contribution in [0.1, 0.15) is 43.0 Å². The highest BCUT2D eigenvalue weighted by Gasteiger charge is 2.32. The fourth-order valence-corrected chi connectivity index (χ4v) is 2.64. The van der Waals surface area contributed by atoms with Crippen molar-refractivity contribution in [3.63, 3.8) is 0 Å². The van der Waals surface area contributed by atoms with E-state index >= 15 is 0 Å². The summed E-state index contributed by atoms with van der Waals surface area (Å²) < 4.78 is 0.629. The molecule has 0 saturated heterocycles. The van der Waals surface area contributed by atoms with Gasteiger partial charge in [0, 0.05) is 22.7 Å². The van der Waals surface area contributed by atoms with Crippen molar-refractivity contribution in [3.8, 4) is 0 Å². The summed E-state index contributed by atoms with van der Waals surface area (Å²) in [6, 6.07) is 4.86. The molecule has 0 spiro atoms. The second-order valence-electron chi connectivity index (χ2n) is 5.24. The van der Waals surface area contributed by atoms with Crippen LogP contribution in [0, 0.1) is 0 Å². The van der Waals surface area contributed by atoms with Crippen molar-refractivity contribution < 1.29 is 14.7 Å². The van der Waals surface area contributed by atoms with E-state index < -0.39 is 5.97 Å². The minimum atomic E-state index is -1.02. The standard InChI is InChI=1S/C15H19BrN2O3/c1-2-3-6-18(13-4-5-13)15(21)17-12-8-10(14(19)20)7-11(16)9-12/h7-9,13H,2-6H2,1H3,(H,17,21)(H,19,20). The highest BCUT2D eigenvalue weighted by Crippen LogP contribution is 2.28. The number of urea groups is 1. The zero-order valence-electron chi connectivity index (χ0n) is 11.9. The first kappa shape index (κ1) is 15.8. The number of carbonyl (C=O) groups excluding carboxylic acids is 1. The van der Waals surface area contributed by atoms with Crippen molar-refractivity contribution in [2.45, 2.75) is 38.6 Å². The van der Waals surface area contributed by atoms with E-state index in [-0.39, 0.29) is 11.6 Å². The number of nitrogens with zero attached hydrogens (tertiary/aromatic N) is 1. The van der Waals surface area contributed by atoms with Crippen LogP contribution in [0.2, 0.25) is 0 Å². The van der Waals surface area contributed by atoms with Gasteiger partial charge in [-0.15, -0.1) is 0 Å². The maximum Gasteiger partial charge on any atom is 0.335 e. The second kappa shape index (κ2) is 6.93. The van der Waals surface area contributed by atoms with Gasteiger partial charge >= 0.3 is 12.0 Å². The van der Waals surface area contributed by atoms with E-state index in [1.54, 1.807) is 6.07 Å². The molecular weight excluding hydrogens is 336 g/mol. The van der Waals surface area contributed by atoms with Crippen LogP contribution >= 0.6 is 15.9 Å². The molecule has 0 radical (unpaired) electrons. The Balaban J connectivity index is 2.08. The van der Waals surface area contributed by atoms with Crippen LogP contribution in [0.4, 0.5) is 10.5 Å². The molecule has 1 aliphatic carbocycles. The van der Waals surface area contributed by atoms with Crippen molar-refractivity contribution >= 4 is 33.6 Å². The maximum atomic E-state index is 12.3. The van der Waals surface area contributed by atoms with Crippen LogP contribution in [0.5, 0.6) is 0 Å². The minimum Gasteiger partial charge on any atom is -0.478 e. The first-order valence-electron chi connectivity index (χ1n) is 7.12. The minimum absolute atomic E-state index is 0.145. The molecule has 0 aliphatic heterocycles. The molecule has 0 unspecified atom stereocenters. The molecule has 1 saturated carbocycles. The van der Waals surface area contributed by atoms with Gasteiger partial charge < -0.3 is 15.3 Å². The van der Waals surface area contributed by atoms with Crippen LogP contribution in [-0.4, -0.2) is 34.6 Å². The van der Waals surface area contributed by atoms with Gasteiger partial charge in [0.2, 0.25) is 0 Å². The molecule has 1 aromatic rings. The summed E-state index contributed by atoms with van der Waals surface area (Å²) in [6.07, 6.45) is 4.12. The Kier molecular flexibility index (Phi) is 5.22. The molecule has 114 valence electrons. The normalized spacial score (nSPS) is 13.8. The fourth-order valence-electron chi connectivity index (χ4n) is 2.15. The quantitative estimate of drug-likeness (QED) is 0.812. The van der Waals surface area contributed by atoms with Gasteiger partial charge in [0.15, 0.2) is 0 Å². The Bertz CT molecular complexity index is 544. The zero-order chi connectivity index (χ0) is 15.4. The highest BCUT2D eigenvalue weighted by atomic mass is 79.9. The predicted octanol–water partition coefficient (Wildman–Crippen LogP) is 3.94. The number of halogens is 1. The van der Waals surface area contributed by atoms with Crippen molar-refractivity contribution in [2.75, 3.05) is 11.9 Å². The lowest BCUT2D eigenvalue weighted by molar-refractivity contribution is 0.0696. The summed E-state index contributed by atoms with van der Waals surface area (Å²) in [5.41, 5.74) is 0.639. The Hall–Kier alpha value is -1.56. The van der Waals surface area contributed by atoms with E-state index in [2.05, 4.69) is 28.2 Å². The Morgan fingerprint density at radius 1 is 1.38 bits per heavy atom. The average molecular weight is 355 g/mol. The number of amides is 2. The Morgan fingerprint density at radius 2 is 2.10 bits per heavy atom. The molecule has 0 heterocycles. The number of aromatic carboxylic acids is 1. The van der Waals surface area contributed by atoms with E-state index in [4.69, 9.17) is 5.11 Å². The summed E-state index contributed by atoms with van der Waals surface area (Å²) in [4.78, 5) is 25.2. The van der Waals surface area contributed by atoms with Crippen molar-refractivity contribution in [1.29, 1.82) is 0 Å². The number of carbonyl (C=O) groups is 2. The van der Waals surface area contributed by atoms with Gasteiger partial charge in [-0.25, -0.2) is 9.59 Å². The largest absolute Gasteiger partial charge is 0.478 e. The molecule has 1 aliphatic rings. The second-order valence-corrected chi connectivity index (χ2v) is 6.16. The molecule has 1 aromatic carbocycles. The molecule has 1 fully saturated rings. The van der Waals surface area contributed by atoms with Gasteiger partial charge in [-0.3, -0.25) is 0 Å². The SMILES string of the molecule is CCCCN(C(=O)Nc1cc(Br)cc(C(=O)O)c1)C1CC1. The number of carboxylic acids is 1. The predicted molar refractivity (Wildman–Crippen MR) is 84.8 cm³/mol. The number of rotatable bonds is 6. The topological polar surface area (TPSA) is 69.6 Å². The van der Waals surface area contributed by atoms with E-state index in [1.165, 1.54) is 12.1 Å². The smallest absolute Gasteiger partial charge is 0.335 e. The number of carboxylic acid groups (broad SMARTS) is 1. The summed E-state index contributed by atoms with van der Waals surface area (Å²) in [5.74, 6) is -1.02. The molecule has 0 atom stereocenters. The third-order valence-corrected chi connectivity index (χ3v) is 3.85.